The maximum atomic E-state index is 10.4. The van der Waals surface area contributed by atoms with E-state index in [1.807, 2.05) is 0 Å². The minimum atomic E-state index is -0.671. The van der Waals surface area contributed by atoms with Crippen LogP contribution in [0, 0.1) is 0 Å². The third-order valence-corrected chi connectivity index (χ3v) is 3.71. The first kappa shape index (κ1) is 15.7. The molecule has 1 aromatic rings. The van der Waals surface area contributed by atoms with E-state index in [4.69, 9.17) is 5.11 Å². The monoisotopic (exact) mass is 262 g/mol. The molecule has 1 aromatic carbocycles. The number of carboxylic acids is 1. The smallest absolute Gasteiger partial charge is 0.303 e. The van der Waals surface area contributed by atoms with Gasteiger partial charge in [0.25, 0.3) is 0 Å². The van der Waals surface area contributed by atoms with Crippen LogP contribution < -0.4 is 0 Å². The van der Waals surface area contributed by atoms with Gasteiger partial charge in [-0.3, -0.25) is 4.79 Å². The van der Waals surface area contributed by atoms with E-state index in [-0.39, 0.29) is 0 Å². The Hall–Kier alpha value is -1.31. The SMILES string of the molecule is CCC(CCCCCCCC(=O)O)c1ccccc1. The molecule has 0 heterocycles. The van der Waals surface area contributed by atoms with Crippen molar-refractivity contribution in [3.05, 3.63) is 35.9 Å². The van der Waals surface area contributed by atoms with Crippen LogP contribution in [-0.2, 0) is 4.79 Å². The Balaban J connectivity index is 2.12. The lowest BCUT2D eigenvalue weighted by Gasteiger charge is -2.15. The Morgan fingerprint density at radius 2 is 1.68 bits per heavy atom. The molecule has 2 nitrogen and oxygen atoms in total. The van der Waals surface area contributed by atoms with Gasteiger partial charge in [-0.15, -0.1) is 0 Å². The zero-order valence-electron chi connectivity index (χ0n) is 12.0. The molecule has 0 radical (unpaired) electrons. The van der Waals surface area contributed by atoms with Gasteiger partial charge < -0.3 is 5.11 Å². The molecule has 0 amide bonds. The molecule has 1 unspecified atom stereocenters. The summed E-state index contributed by atoms with van der Waals surface area (Å²) < 4.78 is 0. The predicted molar refractivity (Wildman–Crippen MR) is 79.4 cm³/mol. The van der Waals surface area contributed by atoms with Crippen LogP contribution in [0.5, 0.6) is 0 Å². The summed E-state index contributed by atoms with van der Waals surface area (Å²) in [5, 5.41) is 8.55. The largest absolute Gasteiger partial charge is 0.481 e. The van der Waals surface area contributed by atoms with E-state index in [0.717, 1.165) is 12.8 Å². The lowest BCUT2D eigenvalue weighted by Crippen LogP contribution is -1.97. The standard InChI is InChI=1S/C17H26O2/c1-2-15(16-12-8-6-9-13-16)11-7-4-3-5-10-14-17(18)19/h6,8-9,12-13,15H,2-5,7,10-11,14H2,1H3,(H,18,19). The van der Waals surface area contributed by atoms with Crippen LogP contribution >= 0.6 is 0 Å². The number of hydrogen-bond acceptors (Lipinski definition) is 1. The highest BCUT2D eigenvalue weighted by Crippen LogP contribution is 2.25. The molecular formula is C17H26O2. The summed E-state index contributed by atoms with van der Waals surface area (Å²) in [6.45, 7) is 2.25. The molecule has 0 aliphatic rings. The summed E-state index contributed by atoms with van der Waals surface area (Å²) >= 11 is 0. The van der Waals surface area contributed by atoms with E-state index >= 15 is 0 Å². The second kappa shape index (κ2) is 9.60. The number of unbranched alkanes of at least 4 members (excludes halogenated alkanes) is 4. The first-order chi connectivity index (χ1) is 9.24. The highest BCUT2D eigenvalue weighted by atomic mass is 16.4. The van der Waals surface area contributed by atoms with E-state index in [1.165, 1.54) is 37.7 Å². The van der Waals surface area contributed by atoms with E-state index in [9.17, 15) is 4.79 Å². The quantitative estimate of drug-likeness (QED) is 0.603. The molecular weight excluding hydrogens is 236 g/mol. The van der Waals surface area contributed by atoms with Gasteiger partial charge in [-0.25, -0.2) is 0 Å². The fourth-order valence-electron chi connectivity index (χ4n) is 2.53. The molecule has 1 atom stereocenters. The second-order valence-electron chi connectivity index (χ2n) is 5.22. The van der Waals surface area contributed by atoms with Crippen molar-refractivity contribution in [1.29, 1.82) is 0 Å². The van der Waals surface area contributed by atoms with Crippen molar-refractivity contribution in [3.63, 3.8) is 0 Å². The molecule has 0 aliphatic carbocycles. The normalized spacial score (nSPS) is 12.3. The second-order valence-corrected chi connectivity index (χ2v) is 5.22. The Morgan fingerprint density at radius 1 is 1.05 bits per heavy atom. The van der Waals surface area contributed by atoms with Crippen molar-refractivity contribution in [1.82, 2.24) is 0 Å². The van der Waals surface area contributed by atoms with Gasteiger partial charge >= 0.3 is 5.97 Å². The highest BCUT2D eigenvalue weighted by molar-refractivity contribution is 5.66. The van der Waals surface area contributed by atoms with Crippen LogP contribution in [0.3, 0.4) is 0 Å². The fourth-order valence-corrected chi connectivity index (χ4v) is 2.53. The summed E-state index contributed by atoms with van der Waals surface area (Å²) in [7, 11) is 0. The van der Waals surface area contributed by atoms with Gasteiger partial charge in [0, 0.05) is 6.42 Å². The van der Waals surface area contributed by atoms with E-state index in [1.54, 1.807) is 0 Å². The summed E-state index contributed by atoms with van der Waals surface area (Å²) in [6.07, 6.45) is 8.28. The minimum absolute atomic E-state index is 0.321. The topological polar surface area (TPSA) is 37.3 Å². The minimum Gasteiger partial charge on any atom is -0.481 e. The maximum Gasteiger partial charge on any atom is 0.303 e. The Labute approximate surface area is 116 Å². The molecule has 0 aromatic heterocycles. The lowest BCUT2D eigenvalue weighted by atomic mass is 9.91. The van der Waals surface area contributed by atoms with Gasteiger partial charge in [0.15, 0.2) is 0 Å². The van der Waals surface area contributed by atoms with Crippen molar-refractivity contribution in [2.75, 3.05) is 0 Å². The van der Waals surface area contributed by atoms with Gasteiger partial charge in [-0.2, -0.15) is 0 Å². The maximum absolute atomic E-state index is 10.4. The molecule has 19 heavy (non-hydrogen) atoms. The highest BCUT2D eigenvalue weighted by Gasteiger charge is 2.08. The first-order valence-corrected chi connectivity index (χ1v) is 7.50. The fraction of sp³-hybridized carbons (Fsp3) is 0.588. The van der Waals surface area contributed by atoms with Crippen LogP contribution in [0.15, 0.2) is 30.3 Å². The zero-order valence-corrected chi connectivity index (χ0v) is 12.0. The molecule has 0 saturated heterocycles. The number of carbonyl (C=O) groups is 1. The van der Waals surface area contributed by atoms with Crippen LogP contribution in [0.25, 0.3) is 0 Å². The van der Waals surface area contributed by atoms with Crippen molar-refractivity contribution >= 4 is 5.97 Å². The van der Waals surface area contributed by atoms with Crippen molar-refractivity contribution in [3.8, 4) is 0 Å². The average molecular weight is 262 g/mol. The summed E-state index contributed by atoms with van der Waals surface area (Å²) in [4.78, 5) is 10.4. The first-order valence-electron chi connectivity index (χ1n) is 7.50. The molecule has 0 aliphatic heterocycles. The average Bonchev–Trinajstić information content (AvgIpc) is 2.42. The summed E-state index contributed by atoms with van der Waals surface area (Å²) in [5.74, 6) is 0.00958. The summed E-state index contributed by atoms with van der Waals surface area (Å²) in [6, 6.07) is 10.7. The van der Waals surface area contributed by atoms with Crippen LogP contribution in [0.2, 0.25) is 0 Å². The van der Waals surface area contributed by atoms with Crippen LogP contribution in [0.4, 0.5) is 0 Å². The van der Waals surface area contributed by atoms with Gasteiger partial charge in [0.05, 0.1) is 0 Å². The van der Waals surface area contributed by atoms with Crippen molar-refractivity contribution < 1.29 is 9.90 Å². The molecule has 0 spiro atoms. The molecule has 2 heteroatoms. The number of aliphatic carboxylic acids is 1. The molecule has 0 bridgehead atoms. The Morgan fingerprint density at radius 3 is 2.32 bits per heavy atom. The third-order valence-electron chi connectivity index (χ3n) is 3.71. The Bertz CT molecular complexity index is 346. The van der Waals surface area contributed by atoms with E-state index in [2.05, 4.69) is 37.3 Å². The number of rotatable bonds is 10. The van der Waals surface area contributed by atoms with Gasteiger partial charge in [-0.1, -0.05) is 62.9 Å². The molecule has 1 N–H and O–H groups in total. The molecule has 1 rings (SSSR count). The van der Waals surface area contributed by atoms with Gasteiger partial charge in [-0.05, 0) is 30.7 Å². The van der Waals surface area contributed by atoms with E-state index < -0.39 is 5.97 Å². The lowest BCUT2D eigenvalue weighted by molar-refractivity contribution is -0.137. The zero-order chi connectivity index (χ0) is 13.9. The number of benzene rings is 1. The van der Waals surface area contributed by atoms with Gasteiger partial charge in [0.1, 0.15) is 0 Å². The van der Waals surface area contributed by atoms with Crippen molar-refractivity contribution in [2.45, 2.75) is 64.2 Å². The van der Waals surface area contributed by atoms with Crippen molar-refractivity contribution in [2.24, 2.45) is 0 Å². The number of carboxylic acid groups (broad SMARTS) is 1. The van der Waals surface area contributed by atoms with E-state index in [0.29, 0.717) is 12.3 Å². The van der Waals surface area contributed by atoms with Gasteiger partial charge in [0.2, 0.25) is 0 Å². The Kier molecular flexibility index (Phi) is 7.95. The number of hydrogen-bond donors (Lipinski definition) is 1. The van der Waals surface area contributed by atoms with Crippen LogP contribution in [0.1, 0.15) is 69.8 Å². The molecule has 0 saturated carbocycles. The third kappa shape index (κ3) is 7.00. The predicted octanol–water partition coefficient (Wildman–Crippen LogP) is 5.00. The van der Waals surface area contributed by atoms with Crippen LogP contribution in [-0.4, -0.2) is 11.1 Å². The summed E-state index contributed by atoms with van der Waals surface area (Å²) in [5.41, 5.74) is 1.45. The molecule has 106 valence electrons. The molecule has 0 fully saturated rings.